The van der Waals surface area contributed by atoms with E-state index >= 15 is 0 Å². The zero-order valence-electron chi connectivity index (χ0n) is 22.9. The number of imide groups is 1. The lowest BCUT2D eigenvalue weighted by Gasteiger charge is -2.39. The van der Waals surface area contributed by atoms with Crippen molar-refractivity contribution in [2.75, 3.05) is 14.1 Å². The van der Waals surface area contributed by atoms with Crippen molar-refractivity contribution >= 4 is 23.8 Å². The summed E-state index contributed by atoms with van der Waals surface area (Å²) in [5, 5.41) is 10.8. The van der Waals surface area contributed by atoms with Gasteiger partial charge in [0, 0.05) is 12.5 Å². The second kappa shape index (κ2) is 11.2. The highest BCUT2D eigenvalue weighted by Crippen LogP contribution is 2.29. The number of urea groups is 1. The molecule has 0 aromatic heterocycles. The molecule has 4 N–H and O–H groups in total. The highest BCUT2D eigenvalue weighted by molar-refractivity contribution is 6.11. The molecule has 1 aliphatic rings. The molecule has 9 heteroatoms. The van der Waals surface area contributed by atoms with Crippen LogP contribution in [-0.2, 0) is 19.8 Å². The van der Waals surface area contributed by atoms with Gasteiger partial charge in [-0.1, -0.05) is 78.8 Å². The first-order chi connectivity index (χ1) is 16.6. The molecule has 3 atom stereocenters. The molecule has 0 unspecified atom stereocenters. The van der Waals surface area contributed by atoms with E-state index in [1.807, 2.05) is 78.8 Å². The van der Waals surface area contributed by atoms with E-state index in [2.05, 4.69) is 21.3 Å². The molecule has 2 rings (SSSR count). The average molecular weight is 500 g/mol. The number of likely N-dealkylation sites (N-methyl/N-ethyl adjacent to an activating group) is 2. The average Bonchev–Trinajstić information content (AvgIpc) is 3.11. The van der Waals surface area contributed by atoms with Gasteiger partial charge in [0.2, 0.25) is 11.8 Å². The van der Waals surface area contributed by atoms with Gasteiger partial charge >= 0.3 is 6.03 Å². The molecule has 0 radical (unpaired) electrons. The minimum absolute atomic E-state index is 0.0601. The molecular formula is C27H41N5O4. The van der Waals surface area contributed by atoms with Crippen molar-refractivity contribution in [1.29, 1.82) is 0 Å². The zero-order valence-corrected chi connectivity index (χ0v) is 22.9. The summed E-state index contributed by atoms with van der Waals surface area (Å²) in [6, 6.07) is 7.26. The number of rotatable bonds is 9. The van der Waals surface area contributed by atoms with Gasteiger partial charge in [-0.05, 0) is 30.0 Å². The SMILES string of the molecule is CN[C@H](C(=O)N[C@H](C(=O)N(C)[C@H](/C=C1\NC(=O)NC1=O)C(C)C)C(C)(C)C)C(C)(C)c1ccccc1. The molecule has 36 heavy (non-hydrogen) atoms. The van der Waals surface area contributed by atoms with Crippen LogP contribution in [0.3, 0.4) is 0 Å². The lowest BCUT2D eigenvalue weighted by Crippen LogP contribution is -2.61. The molecule has 0 saturated carbocycles. The Hall–Kier alpha value is -3.20. The van der Waals surface area contributed by atoms with E-state index in [9.17, 15) is 19.2 Å². The molecule has 1 fully saturated rings. The molecule has 9 nitrogen and oxygen atoms in total. The van der Waals surface area contributed by atoms with Crippen LogP contribution in [0.5, 0.6) is 0 Å². The van der Waals surface area contributed by atoms with Crippen LogP contribution >= 0.6 is 0 Å². The third kappa shape index (κ3) is 6.51. The third-order valence-corrected chi connectivity index (χ3v) is 6.73. The molecule has 0 aliphatic carbocycles. The Kier molecular flexibility index (Phi) is 9.07. The topological polar surface area (TPSA) is 120 Å². The van der Waals surface area contributed by atoms with Crippen LogP contribution in [0.2, 0.25) is 0 Å². The molecule has 1 heterocycles. The summed E-state index contributed by atoms with van der Waals surface area (Å²) in [4.78, 5) is 52.5. The fourth-order valence-electron chi connectivity index (χ4n) is 4.50. The first-order valence-corrected chi connectivity index (χ1v) is 12.2. The molecule has 1 aromatic carbocycles. The Balaban J connectivity index is 2.34. The Morgan fingerprint density at radius 1 is 0.972 bits per heavy atom. The fraction of sp³-hybridized carbons (Fsp3) is 0.556. The van der Waals surface area contributed by atoms with Crippen LogP contribution in [0.1, 0.15) is 54.0 Å². The first kappa shape index (κ1) is 29.0. The summed E-state index contributed by atoms with van der Waals surface area (Å²) < 4.78 is 0. The maximum atomic E-state index is 13.8. The predicted molar refractivity (Wildman–Crippen MR) is 140 cm³/mol. The van der Waals surface area contributed by atoms with Gasteiger partial charge in [-0.25, -0.2) is 4.79 Å². The van der Waals surface area contributed by atoms with Crippen LogP contribution in [-0.4, -0.2) is 60.9 Å². The van der Waals surface area contributed by atoms with Crippen molar-refractivity contribution in [3.63, 3.8) is 0 Å². The molecule has 0 spiro atoms. The molecular weight excluding hydrogens is 458 g/mol. The summed E-state index contributed by atoms with van der Waals surface area (Å²) in [6.07, 6.45) is 1.58. The van der Waals surface area contributed by atoms with Crippen molar-refractivity contribution in [2.24, 2.45) is 11.3 Å². The summed E-state index contributed by atoms with van der Waals surface area (Å²) in [5.41, 5.74) is -0.0339. The summed E-state index contributed by atoms with van der Waals surface area (Å²) in [6.45, 7) is 13.5. The summed E-state index contributed by atoms with van der Waals surface area (Å²) in [7, 11) is 3.38. The van der Waals surface area contributed by atoms with Gasteiger partial charge in [0.25, 0.3) is 5.91 Å². The number of hydrogen-bond donors (Lipinski definition) is 4. The van der Waals surface area contributed by atoms with Crippen LogP contribution in [0, 0.1) is 11.3 Å². The summed E-state index contributed by atoms with van der Waals surface area (Å²) >= 11 is 0. The number of nitrogens with zero attached hydrogens (tertiary/aromatic N) is 1. The highest BCUT2D eigenvalue weighted by Gasteiger charge is 2.41. The standard InChI is InChI=1S/C27H41N5O4/c1-16(2)19(15-18-22(33)31-25(36)29-18)32(9)24(35)21(26(3,4)5)30-23(34)20(28-8)27(6,7)17-13-11-10-12-14-17/h10-16,19-21,28H,1-9H3,(H,30,34)(H2,29,31,33,36)/b18-15-/t19-,20-,21-/m1/s1. The number of nitrogens with one attached hydrogen (secondary N) is 4. The monoisotopic (exact) mass is 499 g/mol. The first-order valence-electron chi connectivity index (χ1n) is 12.2. The Morgan fingerprint density at radius 3 is 2.00 bits per heavy atom. The normalized spacial score (nSPS) is 17.9. The molecule has 1 aromatic rings. The van der Waals surface area contributed by atoms with Gasteiger partial charge in [-0.2, -0.15) is 0 Å². The van der Waals surface area contributed by atoms with Crippen molar-refractivity contribution in [3.8, 4) is 0 Å². The minimum atomic E-state index is -0.830. The Bertz CT molecular complexity index is 1010. The van der Waals surface area contributed by atoms with Crippen molar-refractivity contribution < 1.29 is 19.2 Å². The number of amides is 5. The summed E-state index contributed by atoms with van der Waals surface area (Å²) in [5.74, 6) is -1.17. The number of hydrogen-bond acceptors (Lipinski definition) is 5. The van der Waals surface area contributed by atoms with E-state index in [1.165, 1.54) is 4.90 Å². The third-order valence-electron chi connectivity index (χ3n) is 6.73. The van der Waals surface area contributed by atoms with Crippen LogP contribution in [0.25, 0.3) is 0 Å². The van der Waals surface area contributed by atoms with Crippen molar-refractivity contribution in [1.82, 2.24) is 26.2 Å². The maximum absolute atomic E-state index is 13.8. The van der Waals surface area contributed by atoms with E-state index < -0.39 is 40.9 Å². The van der Waals surface area contributed by atoms with Gasteiger partial charge in [-0.3, -0.25) is 19.7 Å². The number of carbonyl (C=O) groups is 4. The van der Waals surface area contributed by atoms with Crippen molar-refractivity contribution in [3.05, 3.63) is 47.7 Å². The fourth-order valence-corrected chi connectivity index (χ4v) is 4.50. The lowest BCUT2D eigenvalue weighted by atomic mass is 9.76. The highest BCUT2D eigenvalue weighted by atomic mass is 16.2. The Morgan fingerprint density at radius 2 is 1.56 bits per heavy atom. The molecule has 0 bridgehead atoms. The van der Waals surface area contributed by atoms with Gasteiger partial charge in [0.05, 0.1) is 12.1 Å². The van der Waals surface area contributed by atoms with E-state index in [4.69, 9.17) is 0 Å². The maximum Gasteiger partial charge on any atom is 0.326 e. The van der Waals surface area contributed by atoms with E-state index in [-0.39, 0.29) is 23.4 Å². The number of benzene rings is 1. The smallest absolute Gasteiger partial charge is 0.326 e. The second-order valence-corrected chi connectivity index (χ2v) is 11.3. The van der Waals surface area contributed by atoms with Crippen LogP contribution in [0.4, 0.5) is 4.79 Å². The van der Waals surface area contributed by atoms with Crippen LogP contribution < -0.4 is 21.3 Å². The van der Waals surface area contributed by atoms with Crippen LogP contribution in [0.15, 0.2) is 42.1 Å². The molecule has 5 amide bonds. The van der Waals surface area contributed by atoms with E-state index in [0.29, 0.717) is 0 Å². The lowest BCUT2D eigenvalue weighted by molar-refractivity contribution is -0.140. The van der Waals surface area contributed by atoms with Gasteiger partial charge < -0.3 is 20.9 Å². The largest absolute Gasteiger partial charge is 0.342 e. The Labute approximate surface area is 214 Å². The second-order valence-electron chi connectivity index (χ2n) is 11.3. The van der Waals surface area contributed by atoms with E-state index in [1.54, 1.807) is 20.2 Å². The van der Waals surface area contributed by atoms with E-state index in [0.717, 1.165) is 5.56 Å². The zero-order chi connectivity index (χ0) is 27.4. The molecule has 198 valence electrons. The minimum Gasteiger partial charge on any atom is -0.342 e. The molecule has 1 saturated heterocycles. The van der Waals surface area contributed by atoms with Gasteiger partial charge in [-0.15, -0.1) is 0 Å². The van der Waals surface area contributed by atoms with Gasteiger partial charge in [0.1, 0.15) is 11.7 Å². The predicted octanol–water partition coefficient (Wildman–Crippen LogP) is 2.29. The molecule has 1 aliphatic heterocycles. The quantitative estimate of drug-likeness (QED) is 0.307. The van der Waals surface area contributed by atoms with Crippen molar-refractivity contribution in [2.45, 2.75) is 72.0 Å². The van der Waals surface area contributed by atoms with Gasteiger partial charge in [0.15, 0.2) is 0 Å². The number of carbonyl (C=O) groups excluding carboxylic acids is 4.